The first-order valence-corrected chi connectivity index (χ1v) is 14.7. The third-order valence-electron chi connectivity index (χ3n) is 8.82. The highest BCUT2D eigenvalue weighted by Crippen LogP contribution is 2.64. The molecule has 5 rings (SSSR count). The lowest BCUT2D eigenvalue weighted by atomic mass is 9.60. The number of aliphatic hydroxyl groups excluding tert-OH is 3. The van der Waals surface area contributed by atoms with Crippen LogP contribution in [0.3, 0.4) is 0 Å². The molecular formula is C28H34F3N3O4S. The maximum absolute atomic E-state index is 13.8. The van der Waals surface area contributed by atoms with E-state index in [-0.39, 0.29) is 34.8 Å². The van der Waals surface area contributed by atoms with E-state index in [1.165, 1.54) is 10.9 Å². The van der Waals surface area contributed by atoms with Crippen molar-refractivity contribution in [2.45, 2.75) is 61.5 Å². The Morgan fingerprint density at radius 2 is 1.79 bits per heavy atom. The Balaban J connectivity index is 1.49. The molecule has 1 aliphatic carbocycles. The van der Waals surface area contributed by atoms with Crippen LogP contribution >= 0.6 is 10.9 Å². The van der Waals surface area contributed by atoms with Crippen LogP contribution < -0.4 is 0 Å². The predicted octanol–water partition coefficient (Wildman–Crippen LogP) is 3.46. The summed E-state index contributed by atoms with van der Waals surface area (Å²) in [6.45, 7) is 5.71. The van der Waals surface area contributed by atoms with Crippen LogP contribution in [0.25, 0.3) is 11.3 Å². The molecule has 1 saturated heterocycles. The normalized spacial score (nSPS) is 34.5. The molecule has 39 heavy (non-hydrogen) atoms. The second-order valence-corrected chi connectivity index (χ2v) is 13.6. The second kappa shape index (κ2) is 10.5. The SMILES string of the molecule is Cc1ccccc1[C@@H]([SH]1C[C@H](O)[C@H](n2cc(-c3cc(F)c(F)c(F)c3)nn2)[C@@H](O)[C@H]1CO)C1(O)C[C@H](C)[C@@H]1C. The zero-order valence-electron chi connectivity index (χ0n) is 21.9. The first kappa shape index (κ1) is 28.1. The molecule has 2 heterocycles. The molecular weight excluding hydrogens is 531 g/mol. The molecule has 1 aromatic heterocycles. The highest BCUT2D eigenvalue weighted by molar-refractivity contribution is 8.18. The predicted molar refractivity (Wildman–Crippen MR) is 143 cm³/mol. The van der Waals surface area contributed by atoms with Crippen LogP contribution in [0.1, 0.15) is 42.7 Å². The molecule has 0 spiro atoms. The average molecular weight is 566 g/mol. The molecule has 9 atom stereocenters. The Kier molecular flexibility index (Phi) is 7.58. The van der Waals surface area contributed by atoms with Gasteiger partial charge in [0, 0.05) is 21.8 Å². The zero-order chi connectivity index (χ0) is 28.2. The first-order valence-electron chi connectivity index (χ1n) is 13.0. The van der Waals surface area contributed by atoms with Gasteiger partial charge in [0.1, 0.15) is 11.7 Å². The molecule has 0 bridgehead atoms. The lowest BCUT2D eigenvalue weighted by Gasteiger charge is -2.59. The van der Waals surface area contributed by atoms with Gasteiger partial charge in [-0.1, -0.05) is 43.3 Å². The third-order valence-corrected chi connectivity index (χ3v) is 12.3. The van der Waals surface area contributed by atoms with Crippen LogP contribution in [0.5, 0.6) is 0 Å². The molecule has 2 aliphatic rings. The second-order valence-electron chi connectivity index (χ2n) is 11.1. The summed E-state index contributed by atoms with van der Waals surface area (Å²) in [7, 11) is -1.33. The van der Waals surface area contributed by atoms with Crippen LogP contribution in [0, 0.1) is 36.2 Å². The summed E-state index contributed by atoms with van der Waals surface area (Å²) < 4.78 is 42.2. The monoisotopic (exact) mass is 565 g/mol. The summed E-state index contributed by atoms with van der Waals surface area (Å²) in [5, 5.41) is 52.2. The minimum Gasteiger partial charge on any atom is -0.395 e. The van der Waals surface area contributed by atoms with Crippen molar-refractivity contribution in [3.8, 4) is 11.3 Å². The molecule has 2 unspecified atom stereocenters. The van der Waals surface area contributed by atoms with Gasteiger partial charge in [0.2, 0.25) is 0 Å². The van der Waals surface area contributed by atoms with Gasteiger partial charge in [0.25, 0.3) is 0 Å². The Morgan fingerprint density at radius 1 is 1.13 bits per heavy atom. The number of thiol groups is 1. The molecule has 212 valence electrons. The molecule has 7 nitrogen and oxygen atoms in total. The van der Waals surface area contributed by atoms with Crippen LogP contribution in [-0.2, 0) is 0 Å². The van der Waals surface area contributed by atoms with Crippen LogP contribution in [-0.4, -0.2) is 70.8 Å². The number of nitrogens with zero attached hydrogens (tertiary/aromatic N) is 3. The summed E-state index contributed by atoms with van der Waals surface area (Å²) in [5.41, 5.74) is 0.879. The Labute approximate surface area is 227 Å². The van der Waals surface area contributed by atoms with E-state index in [2.05, 4.69) is 17.2 Å². The largest absolute Gasteiger partial charge is 0.395 e. The summed E-state index contributed by atoms with van der Waals surface area (Å²) in [6, 6.07) is 8.37. The fraction of sp³-hybridized carbons (Fsp3) is 0.500. The number of hydrogen-bond acceptors (Lipinski definition) is 6. The molecule has 3 aromatic rings. The molecule has 1 aliphatic heterocycles. The van der Waals surface area contributed by atoms with Gasteiger partial charge in [0.05, 0.1) is 30.6 Å². The number of aromatic nitrogens is 3. The van der Waals surface area contributed by atoms with Crippen molar-refractivity contribution < 1.29 is 33.6 Å². The van der Waals surface area contributed by atoms with Crippen molar-refractivity contribution in [3.63, 3.8) is 0 Å². The fourth-order valence-electron chi connectivity index (χ4n) is 6.41. The quantitative estimate of drug-likeness (QED) is 0.231. The Morgan fingerprint density at radius 3 is 2.38 bits per heavy atom. The smallest absolute Gasteiger partial charge is 0.194 e. The van der Waals surface area contributed by atoms with Gasteiger partial charge in [-0.15, -0.1) is 5.10 Å². The molecule has 0 amide bonds. The lowest BCUT2D eigenvalue weighted by Crippen LogP contribution is -2.59. The molecule has 2 fully saturated rings. The molecule has 2 aromatic carbocycles. The molecule has 0 radical (unpaired) electrons. The van der Waals surface area contributed by atoms with Gasteiger partial charge < -0.3 is 20.4 Å². The van der Waals surface area contributed by atoms with Gasteiger partial charge in [-0.3, -0.25) is 0 Å². The topological polar surface area (TPSA) is 112 Å². The zero-order valence-corrected chi connectivity index (χ0v) is 22.8. The van der Waals surface area contributed by atoms with E-state index >= 15 is 0 Å². The number of halogens is 3. The molecule has 11 heteroatoms. The number of aryl methyl sites for hydroxylation is 1. The van der Waals surface area contributed by atoms with Crippen LogP contribution in [0.2, 0.25) is 0 Å². The van der Waals surface area contributed by atoms with E-state index in [4.69, 9.17) is 0 Å². The fourth-order valence-corrected chi connectivity index (χ4v) is 10.3. The number of benzene rings is 2. The summed E-state index contributed by atoms with van der Waals surface area (Å²) in [5.74, 6) is -3.81. The lowest BCUT2D eigenvalue weighted by molar-refractivity contribution is -0.127. The highest BCUT2D eigenvalue weighted by Gasteiger charge is 2.58. The van der Waals surface area contributed by atoms with Crippen molar-refractivity contribution in [1.82, 2.24) is 15.0 Å². The van der Waals surface area contributed by atoms with Crippen LogP contribution in [0.15, 0.2) is 42.6 Å². The van der Waals surface area contributed by atoms with Gasteiger partial charge in [-0.05, 0) is 48.4 Å². The minimum absolute atomic E-state index is 0.00895. The van der Waals surface area contributed by atoms with Gasteiger partial charge in [0.15, 0.2) is 17.5 Å². The van der Waals surface area contributed by atoms with E-state index in [0.717, 1.165) is 23.3 Å². The highest BCUT2D eigenvalue weighted by atomic mass is 32.2. The van der Waals surface area contributed by atoms with Crippen molar-refractivity contribution in [1.29, 1.82) is 0 Å². The van der Waals surface area contributed by atoms with E-state index in [0.29, 0.717) is 12.3 Å². The minimum atomic E-state index is -1.59. The Bertz CT molecular complexity index is 1340. The van der Waals surface area contributed by atoms with E-state index < -0.39 is 57.4 Å². The van der Waals surface area contributed by atoms with Crippen LogP contribution in [0.4, 0.5) is 13.2 Å². The summed E-state index contributed by atoms with van der Waals surface area (Å²) in [4.78, 5) is 0. The van der Waals surface area contributed by atoms with E-state index in [9.17, 15) is 33.6 Å². The molecule has 4 N–H and O–H groups in total. The number of hydrogen-bond donors (Lipinski definition) is 5. The van der Waals surface area contributed by atoms with Gasteiger partial charge in [-0.25, -0.2) is 28.7 Å². The van der Waals surface area contributed by atoms with Crippen molar-refractivity contribution in [3.05, 3.63) is 71.2 Å². The number of rotatable bonds is 6. The summed E-state index contributed by atoms with van der Waals surface area (Å²) >= 11 is 0. The van der Waals surface area contributed by atoms with E-state index in [1.54, 1.807) is 0 Å². The summed E-state index contributed by atoms with van der Waals surface area (Å²) in [6.07, 6.45) is -0.443. The van der Waals surface area contributed by atoms with Gasteiger partial charge >= 0.3 is 0 Å². The standard InChI is InChI=1S/C28H34F3N3O4S/c1-14-6-4-5-7-18(14)27(28(38)10-15(2)16(28)3)39-13-22(36)25(26(37)23(39)12-35)34-11-21(32-33-34)17-8-19(29)24(31)20(30)9-17/h4-9,11,15-16,22-23,25-27,35-39H,10,12-13H2,1-3H3/t15-,16-,22-,23+,25-,26-,27+,28?/m0/s1. The number of aliphatic hydroxyl groups is 4. The molecule has 1 saturated carbocycles. The van der Waals surface area contributed by atoms with E-state index in [1.807, 2.05) is 38.1 Å². The first-order chi connectivity index (χ1) is 18.5. The average Bonchev–Trinajstić information content (AvgIpc) is 3.38. The third kappa shape index (κ3) is 4.67. The maximum atomic E-state index is 13.8. The van der Waals surface area contributed by atoms with Crippen molar-refractivity contribution >= 4 is 10.9 Å². The maximum Gasteiger partial charge on any atom is 0.194 e. The Hall–Kier alpha value is -2.44. The van der Waals surface area contributed by atoms with Crippen molar-refractivity contribution in [2.75, 3.05) is 12.4 Å². The van der Waals surface area contributed by atoms with Crippen molar-refractivity contribution in [2.24, 2.45) is 11.8 Å². The van der Waals surface area contributed by atoms with Gasteiger partial charge in [-0.2, -0.15) is 0 Å².